The van der Waals surface area contributed by atoms with Gasteiger partial charge in [0.2, 0.25) is 5.75 Å². The number of aryl methyl sites for hydroxylation is 1. The van der Waals surface area contributed by atoms with Gasteiger partial charge in [-0.3, -0.25) is 10.1 Å². The van der Waals surface area contributed by atoms with Gasteiger partial charge in [-0.2, -0.15) is 0 Å². The topological polar surface area (TPSA) is 86.5 Å². The zero-order chi connectivity index (χ0) is 13.2. The van der Waals surface area contributed by atoms with Gasteiger partial charge in [-0.05, 0) is 12.5 Å². The first kappa shape index (κ1) is 13.7. The van der Waals surface area contributed by atoms with E-state index >= 15 is 0 Å². The molecule has 0 aliphatic carbocycles. The minimum absolute atomic E-state index is 0.329. The fourth-order valence-corrected chi connectivity index (χ4v) is 2.46. The molecule has 0 heterocycles. The molecule has 17 heavy (non-hydrogen) atoms. The molecule has 1 rings (SSSR count). The second kappa shape index (κ2) is 4.89. The summed E-state index contributed by atoms with van der Waals surface area (Å²) in [5.41, 5.74) is 0.0210. The van der Waals surface area contributed by atoms with Crippen LogP contribution in [0.25, 0.3) is 0 Å². The van der Waals surface area contributed by atoms with Gasteiger partial charge in [0.25, 0.3) is 9.05 Å². The van der Waals surface area contributed by atoms with Gasteiger partial charge in [0, 0.05) is 16.2 Å². The molecule has 0 saturated heterocycles. The SMILES string of the molecule is CCc1ccc(S(=O)(=O)Cl)c(OC)c1[N+](=O)[O-]. The van der Waals surface area contributed by atoms with Crippen LogP contribution in [0.1, 0.15) is 12.5 Å². The molecule has 8 heteroatoms. The van der Waals surface area contributed by atoms with Crippen LogP contribution in [0.2, 0.25) is 0 Å². The molecule has 0 aliphatic rings. The predicted octanol–water partition coefficient (Wildman–Crippen LogP) is 2.09. The van der Waals surface area contributed by atoms with E-state index in [0.29, 0.717) is 12.0 Å². The van der Waals surface area contributed by atoms with E-state index in [1.807, 2.05) is 0 Å². The molecule has 0 bridgehead atoms. The Balaban J connectivity index is 3.70. The molecule has 0 unspecified atom stereocenters. The minimum Gasteiger partial charge on any atom is -0.489 e. The first-order valence-electron chi connectivity index (χ1n) is 4.61. The lowest BCUT2D eigenvalue weighted by molar-refractivity contribution is -0.386. The van der Waals surface area contributed by atoms with E-state index in [-0.39, 0.29) is 11.4 Å². The molecule has 0 saturated carbocycles. The summed E-state index contributed by atoms with van der Waals surface area (Å²) >= 11 is 0. The molecule has 0 amide bonds. The van der Waals surface area contributed by atoms with Crippen molar-refractivity contribution in [1.29, 1.82) is 0 Å². The highest BCUT2D eigenvalue weighted by Crippen LogP contribution is 2.38. The Kier molecular flexibility index (Phi) is 3.94. The van der Waals surface area contributed by atoms with Crippen molar-refractivity contribution in [3.63, 3.8) is 0 Å². The lowest BCUT2D eigenvalue weighted by Crippen LogP contribution is -2.03. The van der Waals surface area contributed by atoms with Gasteiger partial charge < -0.3 is 4.74 Å². The molecule has 1 aromatic rings. The Morgan fingerprint density at radius 1 is 1.47 bits per heavy atom. The van der Waals surface area contributed by atoms with Crippen LogP contribution in [0, 0.1) is 10.1 Å². The Morgan fingerprint density at radius 3 is 2.41 bits per heavy atom. The number of nitrogens with zero attached hydrogens (tertiary/aromatic N) is 1. The maximum Gasteiger partial charge on any atom is 0.315 e. The average molecular weight is 280 g/mol. The van der Waals surface area contributed by atoms with E-state index in [2.05, 4.69) is 0 Å². The smallest absolute Gasteiger partial charge is 0.315 e. The van der Waals surface area contributed by atoms with Crippen molar-refractivity contribution in [3.05, 3.63) is 27.8 Å². The van der Waals surface area contributed by atoms with Crippen molar-refractivity contribution >= 4 is 25.4 Å². The lowest BCUT2D eigenvalue weighted by atomic mass is 10.1. The van der Waals surface area contributed by atoms with Crippen LogP contribution >= 0.6 is 10.7 Å². The monoisotopic (exact) mass is 279 g/mol. The van der Waals surface area contributed by atoms with Gasteiger partial charge >= 0.3 is 5.69 Å². The quantitative estimate of drug-likeness (QED) is 0.478. The van der Waals surface area contributed by atoms with E-state index in [1.165, 1.54) is 12.1 Å². The molecule has 0 spiro atoms. The fraction of sp³-hybridized carbons (Fsp3) is 0.333. The van der Waals surface area contributed by atoms with Crippen LogP contribution in [0.15, 0.2) is 17.0 Å². The summed E-state index contributed by atoms with van der Waals surface area (Å²) in [5.74, 6) is -0.329. The summed E-state index contributed by atoms with van der Waals surface area (Å²) in [6.45, 7) is 1.72. The molecule has 0 aromatic heterocycles. The molecule has 0 atom stereocenters. The Bertz CT molecular complexity index is 555. The third-order valence-corrected chi connectivity index (χ3v) is 3.55. The van der Waals surface area contributed by atoms with Crippen molar-refractivity contribution < 1.29 is 18.1 Å². The van der Waals surface area contributed by atoms with Crippen molar-refractivity contribution in [2.75, 3.05) is 7.11 Å². The maximum atomic E-state index is 11.2. The normalized spacial score (nSPS) is 11.2. The number of halogens is 1. The molecule has 94 valence electrons. The molecule has 0 radical (unpaired) electrons. The highest BCUT2D eigenvalue weighted by molar-refractivity contribution is 8.13. The molecular formula is C9H10ClNO5S. The summed E-state index contributed by atoms with van der Waals surface area (Å²) in [6.07, 6.45) is 0.384. The first-order valence-corrected chi connectivity index (χ1v) is 6.92. The maximum absolute atomic E-state index is 11.2. The van der Waals surface area contributed by atoms with E-state index in [1.54, 1.807) is 6.92 Å². The highest BCUT2D eigenvalue weighted by Gasteiger charge is 2.28. The number of nitro groups is 1. The molecule has 0 fully saturated rings. The van der Waals surface area contributed by atoms with Gasteiger partial charge in [-0.1, -0.05) is 13.0 Å². The van der Waals surface area contributed by atoms with Crippen molar-refractivity contribution in [2.24, 2.45) is 0 Å². The lowest BCUT2D eigenvalue weighted by Gasteiger charge is -2.09. The fourth-order valence-electron chi connectivity index (χ4n) is 1.47. The summed E-state index contributed by atoms with van der Waals surface area (Å²) < 4.78 is 27.3. The zero-order valence-electron chi connectivity index (χ0n) is 9.14. The van der Waals surface area contributed by atoms with E-state index in [4.69, 9.17) is 15.4 Å². The van der Waals surface area contributed by atoms with E-state index in [9.17, 15) is 18.5 Å². The van der Waals surface area contributed by atoms with Crippen LogP contribution in [0.3, 0.4) is 0 Å². The standard InChI is InChI=1S/C9H10ClNO5S/c1-3-6-4-5-7(17(10,14)15)9(16-2)8(6)11(12)13/h4-5H,3H2,1-2H3. The first-order chi connectivity index (χ1) is 7.82. The second-order valence-electron chi connectivity index (χ2n) is 3.15. The highest BCUT2D eigenvalue weighted by atomic mass is 35.7. The second-order valence-corrected chi connectivity index (χ2v) is 5.69. The van der Waals surface area contributed by atoms with Crippen molar-refractivity contribution in [1.82, 2.24) is 0 Å². The minimum atomic E-state index is -4.08. The van der Waals surface area contributed by atoms with E-state index in [0.717, 1.165) is 7.11 Å². The third kappa shape index (κ3) is 2.67. The van der Waals surface area contributed by atoms with Crippen molar-refractivity contribution in [3.8, 4) is 5.75 Å². The van der Waals surface area contributed by atoms with Gasteiger partial charge in [0.15, 0.2) is 0 Å². The van der Waals surface area contributed by atoms with Crippen LogP contribution in [0.5, 0.6) is 5.75 Å². The molecule has 0 N–H and O–H groups in total. The van der Waals surface area contributed by atoms with Crippen molar-refractivity contribution in [2.45, 2.75) is 18.2 Å². The largest absolute Gasteiger partial charge is 0.489 e. The summed E-state index contributed by atoms with van der Waals surface area (Å²) in [5, 5.41) is 10.9. The van der Waals surface area contributed by atoms with Gasteiger partial charge in [-0.25, -0.2) is 8.42 Å². The Morgan fingerprint density at radius 2 is 2.06 bits per heavy atom. The van der Waals surface area contributed by atoms with Crippen LogP contribution in [0.4, 0.5) is 5.69 Å². The van der Waals surface area contributed by atoms with Gasteiger partial charge in [-0.15, -0.1) is 0 Å². The Hall–Kier alpha value is -1.34. The summed E-state index contributed by atoms with van der Waals surface area (Å²) in [4.78, 5) is 9.85. The average Bonchev–Trinajstić information content (AvgIpc) is 2.25. The number of hydrogen-bond donors (Lipinski definition) is 0. The molecular weight excluding hydrogens is 270 g/mol. The number of benzene rings is 1. The third-order valence-electron chi connectivity index (χ3n) is 2.21. The number of rotatable bonds is 4. The van der Waals surface area contributed by atoms with Gasteiger partial charge in [0.05, 0.1) is 12.0 Å². The van der Waals surface area contributed by atoms with Crippen LogP contribution in [-0.4, -0.2) is 20.5 Å². The number of ether oxygens (including phenoxy) is 1. The number of methoxy groups -OCH3 is 1. The number of hydrogen-bond acceptors (Lipinski definition) is 5. The summed E-state index contributed by atoms with van der Waals surface area (Å²) in [7, 11) is 2.26. The molecule has 0 aliphatic heterocycles. The molecule has 1 aromatic carbocycles. The van der Waals surface area contributed by atoms with Crippen LogP contribution < -0.4 is 4.74 Å². The number of nitro benzene ring substituents is 1. The van der Waals surface area contributed by atoms with Gasteiger partial charge in [0.1, 0.15) is 4.90 Å². The van der Waals surface area contributed by atoms with Crippen LogP contribution in [-0.2, 0) is 15.5 Å². The molecule has 6 nitrogen and oxygen atoms in total. The Labute approximate surface area is 103 Å². The zero-order valence-corrected chi connectivity index (χ0v) is 10.7. The summed E-state index contributed by atoms with van der Waals surface area (Å²) in [6, 6.07) is 2.56. The predicted molar refractivity (Wildman–Crippen MR) is 62.1 cm³/mol. The van der Waals surface area contributed by atoms with E-state index < -0.39 is 18.9 Å².